The molecule has 98 valence electrons. The average Bonchev–Trinajstić information content (AvgIpc) is 2.55. The number of hydrogen-bond donors (Lipinski definition) is 1. The smallest absolute Gasteiger partial charge is 0.334 e. The van der Waals surface area contributed by atoms with Gasteiger partial charge < -0.3 is 9.84 Å². The van der Waals surface area contributed by atoms with Crippen LogP contribution in [-0.4, -0.2) is 22.8 Å². The van der Waals surface area contributed by atoms with Crippen LogP contribution in [0.4, 0.5) is 0 Å². The molecule has 3 aliphatic rings. The molecule has 4 atom stereocenters. The summed E-state index contributed by atoms with van der Waals surface area (Å²) in [4.78, 5) is 11.6. The lowest BCUT2D eigenvalue weighted by molar-refractivity contribution is -0.155. The first-order valence-electron chi connectivity index (χ1n) is 6.68. The van der Waals surface area contributed by atoms with Crippen LogP contribution in [0, 0.1) is 11.3 Å². The maximum atomic E-state index is 11.6. The van der Waals surface area contributed by atoms with E-state index in [0.29, 0.717) is 12.0 Å². The predicted octanol–water partition coefficient (Wildman–Crippen LogP) is 2.36. The van der Waals surface area contributed by atoms with Gasteiger partial charge in [-0.15, -0.1) is 0 Å². The summed E-state index contributed by atoms with van der Waals surface area (Å²) >= 11 is 0. The monoisotopic (exact) mass is 248 g/mol. The molecule has 0 bridgehead atoms. The van der Waals surface area contributed by atoms with Gasteiger partial charge in [0.15, 0.2) is 0 Å². The molecule has 0 aromatic rings. The van der Waals surface area contributed by atoms with Gasteiger partial charge in [-0.05, 0) is 37.7 Å². The third kappa shape index (κ3) is 1.31. The highest BCUT2D eigenvalue weighted by Gasteiger charge is 2.60. The molecule has 0 aromatic carbocycles. The Morgan fingerprint density at radius 3 is 2.83 bits per heavy atom. The van der Waals surface area contributed by atoms with E-state index in [0.717, 1.165) is 31.3 Å². The van der Waals surface area contributed by atoms with Crippen LogP contribution < -0.4 is 0 Å². The van der Waals surface area contributed by atoms with Crippen LogP contribution in [0.25, 0.3) is 0 Å². The van der Waals surface area contributed by atoms with Gasteiger partial charge in [0.1, 0.15) is 6.10 Å². The number of carbonyl (C=O) groups is 1. The first-order valence-corrected chi connectivity index (χ1v) is 6.68. The van der Waals surface area contributed by atoms with Crippen molar-refractivity contribution in [2.45, 2.75) is 50.7 Å². The summed E-state index contributed by atoms with van der Waals surface area (Å²) in [6, 6.07) is 0. The van der Waals surface area contributed by atoms with Gasteiger partial charge in [0.05, 0.1) is 5.60 Å². The molecule has 3 unspecified atom stereocenters. The van der Waals surface area contributed by atoms with E-state index in [1.54, 1.807) is 0 Å². The predicted molar refractivity (Wildman–Crippen MR) is 67.8 cm³/mol. The highest BCUT2D eigenvalue weighted by atomic mass is 16.6. The molecule has 1 N–H and O–H groups in total. The number of carbonyl (C=O) groups excluding carboxylic acids is 1. The topological polar surface area (TPSA) is 46.5 Å². The first kappa shape index (κ1) is 12.0. The summed E-state index contributed by atoms with van der Waals surface area (Å²) < 4.78 is 5.39. The van der Waals surface area contributed by atoms with Gasteiger partial charge in [0.2, 0.25) is 0 Å². The van der Waals surface area contributed by atoms with Crippen LogP contribution in [0.3, 0.4) is 0 Å². The van der Waals surface area contributed by atoms with Crippen molar-refractivity contribution in [3.63, 3.8) is 0 Å². The summed E-state index contributed by atoms with van der Waals surface area (Å²) in [6.07, 6.45) is 4.07. The maximum Gasteiger partial charge on any atom is 0.334 e. The second-order valence-corrected chi connectivity index (χ2v) is 6.36. The molecule has 3 rings (SSSR count). The minimum Gasteiger partial charge on any atom is -0.458 e. The normalized spacial score (nSPS) is 47.6. The largest absolute Gasteiger partial charge is 0.458 e. The number of hydrogen-bond acceptors (Lipinski definition) is 3. The van der Waals surface area contributed by atoms with Crippen LogP contribution in [0.5, 0.6) is 0 Å². The molecule has 2 aliphatic carbocycles. The van der Waals surface area contributed by atoms with Crippen molar-refractivity contribution >= 4 is 5.97 Å². The molecule has 3 heteroatoms. The van der Waals surface area contributed by atoms with Crippen molar-refractivity contribution in [1.29, 1.82) is 0 Å². The Hall–Kier alpha value is -1.09. The minimum absolute atomic E-state index is 0.0366. The highest BCUT2D eigenvalue weighted by molar-refractivity contribution is 5.91. The zero-order valence-corrected chi connectivity index (χ0v) is 10.9. The molecular formula is C15H20O3. The molecule has 3 nitrogen and oxygen atoms in total. The second-order valence-electron chi connectivity index (χ2n) is 6.36. The number of ether oxygens (including phenoxy) is 1. The lowest BCUT2D eigenvalue weighted by Gasteiger charge is -2.55. The van der Waals surface area contributed by atoms with Crippen molar-refractivity contribution in [2.75, 3.05) is 0 Å². The molecule has 0 amide bonds. The Morgan fingerprint density at radius 2 is 2.11 bits per heavy atom. The SMILES string of the molecule is C=C1C(=O)OC2CC3(C)CCCC(=C)[C@]3(O)CC12. The van der Waals surface area contributed by atoms with E-state index in [-0.39, 0.29) is 23.4 Å². The van der Waals surface area contributed by atoms with Gasteiger partial charge in [-0.3, -0.25) is 0 Å². The van der Waals surface area contributed by atoms with Crippen LogP contribution in [0.2, 0.25) is 0 Å². The summed E-state index contributed by atoms with van der Waals surface area (Å²) in [5.74, 6) is -0.327. The Balaban J connectivity index is 2.00. The molecule has 3 fully saturated rings. The molecule has 1 aliphatic heterocycles. The lowest BCUT2D eigenvalue weighted by atomic mass is 9.53. The van der Waals surface area contributed by atoms with Gasteiger partial charge in [-0.1, -0.05) is 20.1 Å². The Kier molecular flexibility index (Phi) is 2.31. The van der Waals surface area contributed by atoms with Crippen molar-refractivity contribution in [3.8, 4) is 0 Å². The van der Waals surface area contributed by atoms with Crippen molar-refractivity contribution in [2.24, 2.45) is 11.3 Å². The third-order valence-corrected chi connectivity index (χ3v) is 5.37. The van der Waals surface area contributed by atoms with Gasteiger partial charge in [0, 0.05) is 16.9 Å². The summed E-state index contributed by atoms with van der Waals surface area (Å²) in [6.45, 7) is 9.99. The van der Waals surface area contributed by atoms with Gasteiger partial charge in [-0.2, -0.15) is 0 Å². The lowest BCUT2D eigenvalue weighted by Crippen LogP contribution is -2.57. The molecule has 0 spiro atoms. The Labute approximate surface area is 108 Å². The fourth-order valence-electron chi connectivity index (χ4n) is 4.07. The quantitative estimate of drug-likeness (QED) is 0.406. The van der Waals surface area contributed by atoms with Crippen LogP contribution in [0.15, 0.2) is 24.3 Å². The molecule has 2 saturated carbocycles. The summed E-state index contributed by atoms with van der Waals surface area (Å²) in [5.41, 5.74) is 0.369. The maximum absolute atomic E-state index is 11.6. The Bertz CT molecular complexity index is 453. The van der Waals surface area contributed by atoms with Gasteiger partial charge in [-0.25, -0.2) is 4.79 Å². The number of aliphatic hydroxyl groups is 1. The van der Waals surface area contributed by atoms with E-state index in [4.69, 9.17) is 4.74 Å². The van der Waals surface area contributed by atoms with E-state index >= 15 is 0 Å². The number of esters is 1. The van der Waals surface area contributed by atoms with Crippen LogP contribution in [0.1, 0.15) is 39.0 Å². The molecule has 0 aromatic heterocycles. The average molecular weight is 248 g/mol. The first-order chi connectivity index (χ1) is 8.37. The third-order valence-electron chi connectivity index (χ3n) is 5.37. The van der Waals surface area contributed by atoms with Crippen molar-refractivity contribution in [1.82, 2.24) is 0 Å². The molecule has 1 heterocycles. The molecule has 1 saturated heterocycles. The fourth-order valence-corrected chi connectivity index (χ4v) is 4.07. The van der Waals surface area contributed by atoms with Gasteiger partial charge in [0.25, 0.3) is 0 Å². The Morgan fingerprint density at radius 1 is 1.39 bits per heavy atom. The van der Waals surface area contributed by atoms with E-state index in [9.17, 15) is 9.90 Å². The standard InChI is InChI=1S/C15H20O3/c1-9-5-4-6-14(3)8-12-11(7-15(9,14)17)10(2)13(16)18-12/h11-12,17H,1-2,4-8H2,3H3/t11?,12?,14?,15-/m1/s1. The minimum atomic E-state index is -0.858. The van der Waals surface area contributed by atoms with E-state index in [1.165, 1.54) is 0 Å². The molecule has 0 radical (unpaired) electrons. The fraction of sp³-hybridized carbons (Fsp3) is 0.667. The van der Waals surface area contributed by atoms with Gasteiger partial charge >= 0.3 is 5.97 Å². The summed E-state index contributed by atoms with van der Waals surface area (Å²) in [7, 11) is 0. The van der Waals surface area contributed by atoms with Crippen LogP contribution in [-0.2, 0) is 9.53 Å². The van der Waals surface area contributed by atoms with Crippen molar-refractivity contribution in [3.05, 3.63) is 24.3 Å². The van der Waals surface area contributed by atoms with E-state index < -0.39 is 5.60 Å². The molecule has 18 heavy (non-hydrogen) atoms. The zero-order valence-electron chi connectivity index (χ0n) is 10.9. The number of rotatable bonds is 0. The summed E-state index contributed by atoms with van der Waals surface area (Å²) in [5, 5.41) is 11.1. The zero-order chi connectivity index (χ0) is 13.1. The van der Waals surface area contributed by atoms with E-state index in [2.05, 4.69) is 20.1 Å². The van der Waals surface area contributed by atoms with Crippen molar-refractivity contribution < 1.29 is 14.6 Å². The van der Waals surface area contributed by atoms with Crippen LogP contribution >= 0.6 is 0 Å². The van der Waals surface area contributed by atoms with E-state index in [1.807, 2.05) is 0 Å². The molecular weight excluding hydrogens is 228 g/mol. The second kappa shape index (κ2) is 3.47. The number of fused-ring (bicyclic) bond motifs is 2. The highest BCUT2D eigenvalue weighted by Crippen LogP contribution is 2.58.